The summed E-state index contributed by atoms with van der Waals surface area (Å²) >= 11 is 0. The molecule has 12 heavy (non-hydrogen) atoms. The summed E-state index contributed by atoms with van der Waals surface area (Å²) in [6.07, 6.45) is 2.55. The van der Waals surface area contributed by atoms with Crippen molar-refractivity contribution >= 4 is 0 Å². The Balaban J connectivity index is 2.44. The summed E-state index contributed by atoms with van der Waals surface area (Å²) in [5.74, 6) is 2.88. The first-order valence-corrected chi connectivity index (χ1v) is 4.53. The van der Waals surface area contributed by atoms with Gasteiger partial charge >= 0.3 is 0 Å². The second-order valence-electron chi connectivity index (χ2n) is 3.60. The average Bonchev–Trinajstić information content (AvgIpc) is 2.82. The highest BCUT2D eigenvalue weighted by atomic mass is 16.3. The van der Waals surface area contributed by atoms with Gasteiger partial charge in [-0.05, 0) is 32.3 Å². The number of furan rings is 1. The highest BCUT2D eigenvalue weighted by Crippen LogP contribution is 2.43. The predicted molar refractivity (Wildman–Crippen MR) is 48.0 cm³/mol. The van der Waals surface area contributed by atoms with Gasteiger partial charge in [-0.1, -0.05) is 0 Å². The van der Waals surface area contributed by atoms with Gasteiger partial charge in [-0.2, -0.15) is 0 Å². The Kier molecular flexibility index (Phi) is 1.72. The van der Waals surface area contributed by atoms with Gasteiger partial charge in [0.1, 0.15) is 11.5 Å². The smallest absolute Gasteiger partial charge is 0.111 e. The van der Waals surface area contributed by atoms with Crippen LogP contribution in [0.5, 0.6) is 0 Å². The van der Waals surface area contributed by atoms with E-state index in [2.05, 4.69) is 6.92 Å². The summed E-state index contributed by atoms with van der Waals surface area (Å²) in [5.41, 5.74) is 8.17. The SMILES string of the molecule is Cc1oc(C2CC2)c(CN)c1C. The van der Waals surface area contributed by atoms with Crippen LogP contribution in [0.15, 0.2) is 4.42 Å². The van der Waals surface area contributed by atoms with Crippen molar-refractivity contribution in [3.63, 3.8) is 0 Å². The van der Waals surface area contributed by atoms with Crippen molar-refractivity contribution < 1.29 is 4.42 Å². The van der Waals surface area contributed by atoms with Gasteiger partial charge in [-0.25, -0.2) is 0 Å². The van der Waals surface area contributed by atoms with Crippen LogP contribution in [-0.2, 0) is 6.54 Å². The normalized spacial score (nSPS) is 16.9. The molecule has 0 amide bonds. The molecule has 1 aliphatic carbocycles. The van der Waals surface area contributed by atoms with Gasteiger partial charge < -0.3 is 10.2 Å². The van der Waals surface area contributed by atoms with Crippen LogP contribution < -0.4 is 5.73 Å². The average molecular weight is 165 g/mol. The number of hydrogen-bond donors (Lipinski definition) is 1. The maximum atomic E-state index is 5.68. The molecule has 0 bridgehead atoms. The van der Waals surface area contributed by atoms with Crippen LogP contribution in [0.3, 0.4) is 0 Å². The quantitative estimate of drug-likeness (QED) is 0.729. The molecule has 0 radical (unpaired) electrons. The van der Waals surface area contributed by atoms with Gasteiger partial charge in [0.2, 0.25) is 0 Å². The minimum absolute atomic E-state index is 0.620. The zero-order valence-electron chi connectivity index (χ0n) is 7.68. The van der Waals surface area contributed by atoms with E-state index in [-0.39, 0.29) is 0 Å². The molecule has 2 nitrogen and oxygen atoms in total. The predicted octanol–water partition coefficient (Wildman–Crippen LogP) is 2.23. The third-order valence-electron chi connectivity index (χ3n) is 2.69. The first-order chi connectivity index (χ1) is 5.74. The van der Waals surface area contributed by atoms with Gasteiger partial charge in [0.15, 0.2) is 0 Å². The monoisotopic (exact) mass is 165 g/mol. The van der Waals surface area contributed by atoms with Crippen LogP contribution in [0.1, 0.15) is 41.4 Å². The van der Waals surface area contributed by atoms with E-state index in [9.17, 15) is 0 Å². The van der Waals surface area contributed by atoms with Crippen molar-refractivity contribution in [1.29, 1.82) is 0 Å². The van der Waals surface area contributed by atoms with Crippen LogP contribution in [0, 0.1) is 13.8 Å². The Labute approximate surface area is 72.7 Å². The fraction of sp³-hybridized carbons (Fsp3) is 0.600. The van der Waals surface area contributed by atoms with Crippen LogP contribution in [0.2, 0.25) is 0 Å². The fourth-order valence-electron chi connectivity index (χ4n) is 1.63. The van der Waals surface area contributed by atoms with Gasteiger partial charge in [0.25, 0.3) is 0 Å². The number of nitrogens with two attached hydrogens (primary N) is 1. The van der Waals surface area contributed by atoms with E-state index < -0.39 is 0 Å². The molecule has 0 spiro atoms. The molecule has 1 aromatic heterocycles. The van der Waals surface area contributed by atoms with Gasteiger partial charge in [-0.15, -0.1) is 0 Å². The van der Waals surface area contributed by atoms with Crippen LogP contribution in [0.4, 0.5) is 0 Å². The minimum atomic E-state index is 0.620. The summed E-state index contributed by atoms with van der Waals surface area (Å²) in [6.45, 7) is 4.72. The molecule has 2 rings (SSSR count). The first-order valence-electron chi connectivity index (χ1n) is 4.53. The van der Waals surface area contributed by atoms with Gasteiger partial charge in [0, 0.05) is 18.0 Å². The molecule has 66 valence electrons. The van der Waals surface area contributed by atoms with Gasteiger partial charge in [-0.3, -0.25) is 0 Å². The van der Waals surface area contributed by atoms with Crippen LogP contribution >= 0.6 is 0 Å². The Morgan fingerprint density at radius 2 is 2.08 bits per heavy atom. The molecule has 0 atom stereocenters. The lowest BCUT2D eigenvalue weighted by Crippen LogP contribution is -1.99. The zero-order chi connectivity index (χ0) is 8.72. The van der Waals surface area contributed by atoms with Crippen molar-refractivity contribution in [3.8, 4) is 0 Å². The highest BCUT2D eigenvalue weighted by molar-refractivity contribution is 5.35. The van der Waals surface area contributed by atoms with Gasteiger partial charge in [0.05, 0.1) is 0 Å². The molecular formula is C10H15NO. The molecule has 2 heteroatoms. The molecule has 0 unspecified atom stereocenters. The third-order valence-corrected chi connectivity index (χ3v) is 2.69. The molecular weight excluding hydrogens is 150 g/mol. The van der Waals surface area contributed by atoms with E-state index in [1.54, 1.807) is 0 Å². The molecule has 0 aromatic carbocycles. The molecule has 0 saturated heterocycles. The lowest BCUT2D eigenvalue weighted by atomic mass is 10.1. The van der Waals surface area contributed by atoms with E-state index in [4.69, 9.17) is 10.2 Å². The summed E-state index contributed by atoms with van der Waals surface area (Å²) in [6, 6.07) is 0. The maximum Gasteiger partial charge on any atom is 0.111 e. The second-order valence-corrected chi connectivity index (χ2v) is 3.60. The summed E-state index contributed by atoms with van der Waals surface area (Å²) in [7, 11) is 0. The van der Waals surface area contributed by atoms with Crippen molar-refractivity contribution in [2.75, 3.05) is 0 Å². The first kappa shape index (κ1) is 7.87. The molecule has 1 heterocycles. The van der Waals surface area contributed by atoms with Crippen LogP contribution in [-0.4, -0.2) is 0 Å². The van der Waals surface area contributed by atoms with Crippen molar-refractivity contribution in [2.24, 2.45) is 5.73 Å². The van der Waals surface area contributed by atoms with Crippen molar-refractivity contribution in [2.45, 2.75) is 39.2 Å². The summed E-state index contributed by atoms with van der Waals surface area (Å²) < 4.78 is 5.68. The topological polar surface area (TPSA) is 39.2 Å². The minimum Gasteiger partial charge on any atom is -0.465 e. The number of rotatable bonds is 2. The van der Waals surface area contributed by atoms with E-state index >= 15 is 0 Å². The second kappa shape index (κ2) is 2.63. The third kappa shape index (κ3) is 1.07. The Hall–Kier alpha value is -0.760. The lowest BCUT2D eigenvalue weighted by molar-refractivity contribution is 0.480. The fourth-order valence-corrected chi connectivity index (χ4v) is 1.63. The number of aryl methyl sites for hydroxylation is 1. The van der Waals surface area contributed by atoms with Crippen LogP contribution in [0.25, 0.3) is 0 Å². The van der Waals surface area contributed by atoms with E-state index in [0.717, 1.165) is 11.5 Å². The van der Waals surface area contributed by atoms with E-state index in [1.807, 2.05) is 6.92 Å². The standard InChI is InChI=1S/C10H15NO/c1-6-7(2)12-10(8-3-4-8)9(6)5-11/h8H,3-5,11H2,1-2H3. The Bertz CT molecular complexity index is 297. The molecule has 0 aliphatic heterocycles. The number of hydrogen-bond acceptors (Lipinski definition) is 2. The van der Waals surface area contributed by atoms with Crippen molar-refractivity contribution in [1.82, 2.24) is 0 Å². The highest BCUT2D eigenvalue weighted by Gasteiger charge is 2.30. The Morgan fingerprint density at radius 3 is 2.58 bits per heavy atom. The molecule has 1 aromatic rings. The maximum absolute atomic E-state index is 5.68. The largest absolute Gasteiger partial charge is 0.465 e. The summed E-state index contributed by atoms with van der Waals surface area (Å²) in [5, 5.41) is 0. The Morgan fingerprint density at radius 1 is 1.42 bits per heavy atom. The van der Waals surface area contributed by atoms with E-state index in [0.29, 0.717) is 12.5 Å². The van der Waals surface area contributed by atoms with E-state index in [1.165, 1.54) is 24.0 Å². The molecule has 1 saturated carbocycles. The van der Waals surface area contributed by atoms with Crippen molar-refractivity contribution in [3.05, 3.63) is 22.6 Å². The lowest BCUT2D eigenvalue weighted by Gasteiger charge is -1.96. The molecule has 1 fully saturated rings. The zero-order valence-corrected chi connectivity index (χ0v) is 7.68. The summed E-state index contributed by atoms with van der Waals surface area (Å²) in [4.78, 5) is 0. The molecule has 1 aliphatic rings. The molecule has 2 N–H and O–H groups in total.